The van der Waals surface area contributed by atoms with Gasteiger partial charge in [-0.1, -0.05) is 23.8 Å². The number of aromatic nitrogens is 2. The van der Waals surface area contributed by atoms with Gasteiger partial charge in [0.25, 0.3) is 0 Å². The first-order chi connectivity index (χ1) is 7.70. The van der Waals surface area contributed by atoms with Crippen LogP contribution in [0.2, 0.25) is 0 Å². The minimum Gasteiger partial charge on any atom is -0.329 e. The predicted octanol–water partition coefficient (Wildman–Crippen LogP) is 2.13. The second kappa shape index (κ2) is 4.49. The first kappa shape index (κ1) is 10.9. The van der Waals surface area contributed by atoms with Gasteiger partial charge >= 0.3 is 0 Å². The molecule has 0 bridgehead atoms. The summed E-state index contributed by atoms with van der Waals surface area (Å²) in [4.78, 5) is 0. The second-order valence-corrected chi connectivity index (χ2v) is 4.10. The molecule has 2 N–H and O–H groups in total. The largest absolute Gasteiger partial charge is 0.329 e. The van der Waals surface area contributed by atoms with Crippen molar-refractivity contribution < 1.29 is 0 Å². The van der Waals surface area contributed by atoms with Gasteiger partial charge in [0.15, 0.2) is 0 Å². The van der Waals surface area contributed by atoms with Crippen LogP contribution in [-0.4, -0.2) is 16.3 Å². The summed E-state index contributed by atoms with van der Waals surface area (Å²) in [6, 6.07) is 6.46. The van der Waals surface area contributed by atoms with Crippen molar-refractivity contribution in [2.45, 2.75) is 20.4 Å². The third kappa shape index (κ3) is 2.14. The van der Waals surface area contributed by atoms with Crippen molar-refractivity contribution in [3.8, 4) is 11.1 Å². The molecule has 0 saturated carbocycles. The molecule has 16 heavy (non-hydrogen) atoms. The van der Waals surface area contributed by atoms with E-state index in [1.807, 2.05) is 17.1 Å². The molecule has 0 radical (unpaired) electrons. The van der Waals surface area contributed by atoms with Gasteiger partial charge in [-0.3, -0.25) is 4.68 Å². The Hall–Kier alpha value is -1.61. The number of benzene rings is 1. The standard InChI is InChI=1S/C13H17N3/c1-10-3-4-13(11(2)7-10)12-8-15-16(9-12)6-5-14/h3-4,7-9H,5-6,14H2,1-2H3. The van der Waals surface area contributed by atoms with Gasteiger partial charge in [-0.25, -0.2) is 0 Å². The number of nitrogens with two attached hydrogens (primary N) is 1. The summed E-state index contributed by atoms with van der Waals surface area (Å²) in [5.41, 5.74) is 10.5. The van der Waals surface area contributed by atoms with Crippen molar-refractivity contribution in [2.24, 2.45) is 5.73 Å². The van der Waals surface area contributed by atoms with Crippen LogP contribution in [0.5, 0.6) is 0 Å². The zero-order valence-corrected chi connectivity index (χ0v) is 9.77. The Kier molecular flexibility index (Phi) is 3.06. The molecular formula is C13H17N3. The third-order valence-corrected chi connectivity index (χ3v) is 2.68. The monoisotopic (exact) mass is 215 g/mol. The molecule has 1 heterocycles. The predicted molar refractivity (Wildman–Crippen MR) is 66.2 cm³/mol. The number of nitrogens with zero attached hydrogens (tertiary/aromatic N) is 2. The fourth-order valence-electron chi connectivity index (χ4n) is 1.89. The Balaban J connectivity index is 2.35. The normalized spacial score (nSPS) is 10.7. The highest BCUT2D eigenvalue weighted by molar-refractivity contribution is 5.66. The number of hydrogen-bond acceptors (Lipinski definition) is 2. The molecule has 0 unspecified atom stereocenters. The van der Waals surface area contributed by atoms with Gasteiger partial charge < -0.3 is 5.73 Å². The fraction of sp³-hybridized carbons (Fsp3) is 0.308. The Morgan fingerprint density at radius 1 is 1.31 bits per heavy atom. The molecule has 3 nitrogen and oxygen atoms in total. The lowest BCUT2D eigenvalue weighted by molar-refractivity contribution is 0.625. The molecule has 0 aliphatic heterocycles. The molecule has 0 aliphatic carbocycles. The maximum Gasteiger partial charge on any atom is 0.0568 e. The van der Waals surface area contributed by atoms with E-state index in [0.29, 0.717) is 6.54 Å². The molecule has 2 rings (SSSR count). The molecule has 2 aromatic rings. The maximum absolute atomic E-state index is 5.50. The molecule has 0 spiro atoms. The van der Waals surface area contributed by atoms with Crippen molar-refractivity contribution in [1.29, 1.82) is 0 Å². The molecule has 0 amide bonds. The van der Waals surface area contributed by atoms with E-state index in [1.165, 1.54) is 16.7 Å². The van der Waals surface area contributed by atoms with E-state index in [9.17, 15) is 0 Å². The van der Waals surface area contributed by atoms with Crippen LogP contribution in [0.25, 0.3) is 11.1 Å². The molecule has 0 fully saturated rings. The van der Waals surface area contributed by atoms with Crippen molar-refractivity contribution >= 4 is 0 Å². The van der Waals surface area contributed by atoms with Crippen LogP contribution in [-0.2, 0) is 6.54 Å². The van der Waals surface area contributed by atoms with Crippen molar-refractivity contribution in [3.05, 3.63) is 41.7 Å². The van der Waals surface area contributed by atoms with Gasteiger partial charge in [-0.15, -0.1) is 0 Å². The molecule has 0 saturated heterocycles. The lowest BCUT2D eigenvalue weighted by Crippen LogP contribution is -2.09. The van der Waals surface area contributed by atoms with E-state index in [0.717, 1.165) is 12.1 Å². The van der Waals surface area contributed by atoms with Crippen LogP contribution < -0.4 is 5.73 Å². The number of rotatable bonds is 3. The molecule has 84 valence electrons. The summed E-state index contributed by atoms with van der Waals surface area (Å²) in [5.74, 6) is 0. The summed E-state index contributed by atoms with van der Waals surface area (Å²) >= 11 is 0. The number of hydrogen-bond donors (Lipinski definition) is 1. The SMILES string of the molecule is Cc1ccc(-c2cnn(CCN)c2)c(C)c1. The molecule has 0 aliphatic rings. The lowest BCUT2D eigenvalue weighted by atomic mass is 10.0. The molecule has 0 atom stereocenters. The lowest BCUT2D eigenvalue weighted by Gasteiger charge is -2.03. The van der Waals surface area contributed by atoms with Gasteiger partial charge in [0, 0.05) is 18.3 Å². The van der Waals surface area contributed by atoms with Crippen molar-refractivity contribution in [2.75, 3.05) is 6.54 Å². The second-order valence-electron chi connectivity index (χ2n) is 4.10. The molecule has 1 aromatic heterocycles. The van der Waals surface area contributed by atoms with Crippen LogP contribution in [0.15, 0.2) is 30.6 Å². The average Bonchev–Trinajstić information content (AvgIpc) is 2.67. The summed E-state index contributed by atoms with van der Waals surface area (Å²) in [6.07, 6.45) is 3.94. The fourth-order valence-corrected chi connectivity index (χ4v) is 1.89. The Morgan fingerprint density at radius 3 is 2.81 bits per heavy atom. The van der Waals surface area contributed by atoms with Crippen LogP contribution in [0.3, 0.4) is 0 Å². The topological polar surface area (TPSA) is 43.8 Å². The summed E-state index contributed by atoms with van der Waals surface area (Å²) in [5, 5.41) is 4.28. The van der Waals surface area contributed by atoms with E-state index in [1.54, 1.807) is 0 Å². The minimum absolute atomic E-state index is 0.619. The first-order valence-corrected chi connectivity index (χ1v) is 5.51. The Labute approximate surface area is 95.9 Å². The molecule has 1 aromatic carbocycles. The maximum atomic E-state index is 5.50. The molecule has 3 heteroatoms. The smallest absolute Gasteiger partial charge is 0.0568 e. The highest BCUT2D eigenvalue weighted by Gasteiger charge is 2.04. The van der Waals surface area contributed by atoms with E-state index in [-0.39, 0.29) is 0 Å². The van der Waals surface area contributed by atoms with Crippen LogP contribution in [0, 0.1) is 13.8 Å². The van der Waals surface area contributed by atoms with Crippen molar-refractivity contribution in [3.63, 3.8) is 0 Å². The summed E-state index contributed by atoms with van der Waals surface area (Å²) in [7, 11) is 0. The van der Waals surface area contributed by atoms with Gasteiger partial charge in [0.2, 0.25) is 0 Å². The molecular weight excluding hydrogens is 198 g/mol. The van der Waals surface area contributed by atoms with Gasteiger partial charge in [-0.2, -0.15) is 5.10 Å². The van der Waals surface area contributed by atoms with Crippen LogP contribution >= 0.6 is 0 Å². The van der Waals surface area contributed by atoms with Gasteiger partial charge in [0.1, 0.15) is 0 Å². The van der Waals surface area contributed by atoms with Crippen LogP contribution in [0.4, 0.5) is 0 Å². The van der Waals surface area contributed by atoms with Crippen LogP contribution in [0.1, 0.15) is 11.1 Å². The van der Waals surface area contributed by atoms with E-state index < -0.39 is 0 Å². The van der Waals surface area contributed by atoms with Gasteiger partial charge in [0.05, 0.1) is 12.7 Å². The minimum atomic E-state index is 0.619. The zero-order chi connectivity index (χ0) is 11.5. The quantitative estimate of drug-likeness (QED) is 0.852. The average molecular weight is 215 g/mol. The third-order valence-electron chi connectivity index (χ3n) is 2.68. The van der Waals surface area contributed by atoms with E-state index >= 15 is 0 Å². The van der Waals surface area contributed by atoms with Crippen molar-refractivity contribution in [1.82, 2.24) is 9.78 Å². The Morgan fingerprint density at radius 2 is 2.12 bits per heavy atom. The summed E-state index contributed by atoms with van der Waals surface area (Å²) < 4.78 is 1.88. The van der Waals surface area contributed by atoms with E-state index in [2.05, 4.69) is 37.1 Å². The zero-order valence-electron chi connectivity index (χ0n) is 9.77. The van der Waals surface area contributed by atoms with Gasteiger partial charge in [-0.05, 0) is 25.0 Å². The number of aryl methyl sites for hydroxylation is 2. The highest BCUT2D eigenvalue weighted by atomic mass is 15.3. The Bertz CT molecular complexity index is 486. The highest BCUT2D eigenvalue weighted by Crippen LogP contribution is 2.23. The first-order valence-electron chi connectivity index (χ1n) is 5.51. The van der Waals surface area contributed by atoms with E-state index in [4.69, 9.17) is 5.73 Å². The summed E-state index contributed by atoms with van der Waals surface area (Å²) in [6.45, 7) is 5.62.